The van der Waals surface area contributed by atoms with E-state index in [9.17, 15) is 4.79 Å². The molecule has 0 bridgehead atoms. The highest BCUT2D eigenvalue weighted by Gasteiger charge is 2.24. The second-order valence-corrected chi connectivity index (χ2v) is 6.55. The van der Waals surface area contributed by atoms with Gasteiger partial charge in [0, 0.05) is 25.5 Å². The van der Waals surface area contributed by atoms with Crippen molar-refractivity contribution in [3.63, 3.8) is 0 Å². The first kappa shape index (κ1) is 17.4. The Hall–Kier alpha value is -3.00. The predicted octanol–water partition coefficient (Wildman–Crippen LogP) is 2.02. The molecule has 8 nitrogen and oxygen atoms in total. The van der Waals surface area contributed by atoms with Gasteiger partial charge in [0.1, 0.15) is 0 Å². The molecule has 0 unspecified atom stereocenters. The fourth-order valence-electron chi connectivity index (χ4n) is 3.22. The predicted molar refractivity (Wildman–Crippen MR) is 98.8 cm³/mol. The molecule has 1 N–H and O–H groups in total. The number of likely N-dealkylation sites (tertiary alicyclic amines) is 1. The Morgan fingerprint density at radius 1 is 1.22 bits per heavy atom. The van der Waals surface area contributed by atoms with Crippen LogP contribution in [0.4, 0.5) is 4.79 Å². The molecule has 1 fully saturated rings. The average molecular weight is 366 g/mol. The number of aromatic nitrogens is 4. The molecule has 0 saturated carbocycles. The van der Waals surface area contributed by atoms with E-state index in [0.29, 0.717) is 25.5 Å². The van der Waals surface area contributed by atoms with Gasteiger partial charge in [-0.05, 0) is 37.1 Å². The molecule has 27 heavy (non-hydrogen) atoms. The van der Waals surface area contributed by atoms with Crippen LogP contribution in [-0.2, 0) is 17.9 Å². The molecule has 1 aliphatic heterocycles. The first-order valence-electron chi connectivity index (χ1n) is 9.12. The molecule has 0 radical (unpaired) electrons. The van der Waals surface area contributed by atoms with Crippen LogP contribution in [0.3, 0.4) is 0 Å². The summed E-state index contributed by atoms with van der Waals surface area (Å²) in [4.78, 5) is 18.6. The molecule has 4 heterocycles. The topological polar surface area (TPSA) is 84.7 Å². The third kappa shape index (κ3) is 4.22. The van der Waals surface area contributed by atoms with Crippen LogP contribution in [0.5, 0.6) is 0 Å². The number of urea groups is 1. The van der Waals surface area contributed by atoms with Gasteiger partial charge in [-0.1, -0.05) is 12.1 Å². The molecule has 0 spiro atoms. The third-order valence-electron chi connectivity index (χ3n) is 4.64. The summed E-state index contributed by atoms with van der Waals surface area (Å²) in [5.74, 6) is 0.707. The van der Waals surface area contributed by atoms with Gasteiger partial charge in [0.15, 0.2) is 11.5 Å². The standard InChI is InChI=1S/C19H22N6O2/c26-19(21-12-18-23-22-17-8-2-4-11-25(17)18)24-10-5-7-16(13-24)27-14-15-6-1-3-9-20-15/h1-4,6,8-9,11,16H,5,7,10,12-14H2,(H,21,26)/t16-/m1/s1. The SMILES string of the molecule is O=C(NCc1nnc2ccccn12)N1CCC[C@@H](OCc2ccccn2)C1. The summed E-state index contributed by atoms with van der Waals surface area (Å²) in [6, 6.07) is 11.4. The van der Waals surface area contributed by atoms with Gasteiger partial charge >= 0.3 is 6.03 Å². The molecule has 1 aliphatic rings. The number of pyridine rings is 2. The molecule has 8 heteroatoms. The quantitative estimate of drug-likeness (QED) is 0.747. The number of nitrogens with one attached hydrogen (secondary N) is 1. The van der Waals surface area contributed by atoms with Crippen molar-refractivity contribution < 1.29 is 9.53 Å². The number of fused-ring (bicyclic) bond motifs is 1. The van der Waals surface area contributed by atoms with Crippen LogP contribution in [-0.4, -0.2) is 49.7 Å². The lowest BCUT2D eigenvalue weighted by atomic mass is 10.1. The number of piperidine rings is 1. The lowest BCUT2D eigenvalue weighted by molar-refractivity contribution is -0.00169. The Balaban J connectivity index is 1.29. The number of carbonyl (C=O) groups excluding carboxylic acids is 1. The van der Waals surface area contributed by atoms with Gasteiger partial charge in [-0.25, -0.2) is 4.79 Å². The van der Waals surface area contributed by atoms with Gasteiger partial charge in [-0.2, -0.15) is 0 Å². The number of hydrogen-bond donors (Lipinski definition) is 1. The van der Waals surface area contributed by atoms with Gasteiger partial charge in [-0.15, -0.1) is 10.2 Å². The van der Waals surface area contributed by atoms with E-state index >= 15 is 0 Å². The summed E-state index contributed by atoms with van der Waals surface area (Å²) in [5.41, 5.74) is 1.67. The lowest BCUT2D eigenvalue weighted by Gasteiger charge is -2.32. The van der Waals surface area contributed by atoms with Crippen LogP contribution in [0, 0.1) is 0 Å². The first-order valence-corrected chi connectivity index (χ1v) is 9.12. The first-order chi connectivity index (χ1) is 13.3. The number of hydrogen-bond acceptors (Lipinski definition) is 5. The molecular weight excluding hydrogens is 344 g/mol. The Morgan fingerprint density at radius 3 is 3.04 bits per heavy atom. The minimum absolute atomic E-state index is 0.0282. The minimum Gasteiger partial charge on any atom is -0.370 e. The van der Waals surface area contributed by atoms with Gasteiger partial charge in [0.25, 0.3) is 0 Å². The summed E-state index contributed by atoms with van der Waals surface area (Å²) >= 11 is 0. The van der Waals surface area contributed by atoms with E-state index < -0.39 is 0 Å². The van der Waals surface area contributed by atoms with Crippen molar-refractivity contribution in [1.29, 1.82) is 0 Å². The number of nitrogens with zero attached hydrogens (tertiary/aromatic N) is 5. The van der Waals surface area contributed by atoms with E-state index in [1.807, 2.05) is 47.0 Å². The number of rotatable bonds is 5. The summed E-state index contributed by atoms with van der Waals surface area (Å²) in [6.07, 6.45) is 5.55. The van der Waals surface area contributed by atoms with Gasteiger partial charge in [0.2, 0.25) is 0 Å². The summed E-state index contributed by atoms with van der Waals surface area (Å²) in [7, 11) is 0. The minimum atomic E-state index is -0.103. The highest BCUT2D eigenvalue weighted by atomic mass is 16.5. The molecule has 1 atom stereocenters. The van der Waals surface area contributed by atoms with Crippen molar-refractivity contribution >= 4 is 11.7 Å². The molecule has 3 aromatic rings. The molecule has 0 aromatic carbocycles. The van der Waals surface area contributed by atoms with E-state index in [-0.39, 0.29) is 12.1 Å². The van der Waals surface area contributed by atoms with Crippen molar-refractivity contribution in [1.82, 2.24) is 29.8 Å². The summed E-state index contributed by atoms with van der Waals surface area (Å²) in [5, 5.41) is 11.2. The van der Waals surface area contributed by atoms with Crippen molar-refractivity contribution in [2.24, 2.45) is 0 Å². The summed E-state index contributed by atoms with van der Waals surface area (Å²) < 4.78 is 7.82. The van der Waals surface area contributed by atoms with E-state index in [4.69, 9.17) is 4.74 Å². The van der Waals surface area contributed by atoms with E-state index in [2.05, 4.69) is 20.5 Å². The number of ether oxygens (including phenoxy) is 1. The van der Waals surface area contributed by atoms with Crippen molar-refractivity contribution in [2.75, 3.05) is 13.1 Å². The smallest absolute Gasteiger partial charge is 0.317 e. The van der Waals surface area contributed by atoms with E-state index in [0.717, 1.165) is 30.7 Å². The zero-order valence-electron chi connectivity index (χ0n) is 15.0. The molecule has 0 aliphatic carbocycles. The molecule has 2 amide bonds. The molecule has 1 saturated heterocycles. The largest absolute Gasteiger partial charge is 0.370 e. The van der Waals surface area contributed by atoms with Gasteiger partial charge in [-0.3, -0.25) is 9.38 Å². The second kappa shape index (κ2) is 8.13. The number of carbonyl (C=O) groups is 1. The van der Waals surface area contributed by atoms with Crippen molar-refractivity contribution in [3.8, 4) is 0 Å². The zero-order chi connectivity index (χ0) is 18.5. The van der Waals surface area contributed by atoms with E-state index in [1.54, 1.807) is 11.1 Å². The maximum atomic E-state index is 12.5. The third-order valence-corrected chi connectivity index (χ3v) is 4.64. The highest BCUT2D eigenvalue weighted by molar-refractivity contribution is 5.74. The van der Waals surface area contributed by atoms with E-state index in [1.165, 1.54) is 0 Å². The monoisotopic (exact) mass is 366 g/mol. The van der Waals surface area contributed by atoms with Crippen LogP contribution in [0.2, 0.25) is 0 Å². The fraction of sp³-hybridized carbons (Fsp3) is 0.368. The van der Waals surface area contributed by atoms with Gasteiger partial charge < -0.3 is 15.0 Å². The maximum Gasteiger partial charge on any atom is 0.317 e. The van der Waals surface area contributed by atoms with Crippen LogP contribution >= 0.6 is 0 Å². The number of amides is 2. The molecule has 3 aromatic heterocycles. The Kier molecular flexibility index (Phi) is 5.24. The molecule has 4 rings (SSSR count). The second-order valence-electron chi connectivity index (χ2n) is 6.55. The van der Waals surface area contributed by atoms with Crippen LogP contribution in [0.15, 0.2) is 48.8 Å². The van der Waals surface area contributed by atoms with Crippen molar-refractivity contribution in [2.45, 2.75) is 32.1 Å². The average Bonchev–Trinajstić information content (AvgIpc) is 3.15. The fourth-order valence-corrected chi connectivity index (χ4v) is 3.22. The lowest BCUT2D eigenvalue weighted by Crippen LogP contribution is -2.47. The van der Waals surface area contributed by atoms with Crippen molar-refractivity contribution in [3.05, 3.63) is 60.3 Å². The van der Waals surface area contributed by atoms with Gasteiger partial charge in [0.05, 0.1) is 24.9 Å². The Bertz CT molecular complexity index is 897. The van der Waals surface area contributed by atoms with Crippen LogP contribution in [0.25, 0.3) is 5.65 Å². The van der Waals surface area contributed by atoms with Crippen LogP contribution in [0.1, 0.15) is 24.4 Å². The zero-order valence-corrected chi connectivity index (χ0v) is 15.0. The normalized spacial score (nSPS) is 17.2. The summed E-state index contributed by atoms with van der Waals surface area (Å²) in [6.45, 7) is 2.11. The Morgan fingerprint density at radius 2 is 2.15 bits per heavy atom. The Labute approximate surface area is 157 Å². The molecule has 140 valence electrons. The maximum absolute atomic E-state index is 12.5. The highest BCUT2D eigenvalue weighted by Crippen LogP contribution is 2.15. The molecular formula is C19H22N6O2. The van der Waals surface area contributed by atoms with Crippen LogP contribution < -0.4 is 5.32 Å².